The number of pyridine rings is 1. The zero-order valence-electron chi connectivity index (χ0n) is 10.1. The number of benzene rings is 1. The quantitative estimate of drug-likeness (QED) is 0.756. The molecule has 1 amide bonds. The van der Waals surface area contributed by atoms with E-state index in [-0.39, 0.29) is 16.1 Å². The van der Waals surface area contributed by atoms with Gasteiger partial charge in [0.05, 0.1) is 10.7 Å². The van der Waals surface area contributed by atoms with E-state index in [0.29, 0.717) is 16.3 Å². The fraction of sp³-hybridized carbons (Fsp3) is 0. The van der Waals surface area contributed by atoms with Crippen molar-refractivity contribution in [1.82, 2.24) is 4.98 Å². The van der Waals surface area contributed by atoms with Crippen LogP contribution in [0.15, 0.2) is 41.3 Å². The standard InChI is InChI=1S/C13H10ClN3O2S/c14-9-5-7(12(15)20)1-2-10(9)17-13(19)8-3-4-16-11(18)6-8/h1-6H,(H2,15,20)(H,16,18)(H,17,19). The number of carbonyl (C=O) groups is 1. The molecule has 0 unspecified atom stereocenters. The lowest BCUT2D eigenvalue weighted by molar-refractivity contribution is 0.102. The third kappa shape index (κ3) is 3.23. The lowest BCUT2D eigenvalue weighted by atomic mass is 10.2. The number of amides is 1. The van der Waals surface area contributed by atoms with Crippen molar-refractivity contribution >= 4 is 40.4 Å². The maximum absolute atomic E-state index is 12.0. The van der Waals surface area contributed by atoms with Crippen LogP contribution in [0, 0.1) is 0 Å². The first-order valence-corrected chi connectivity index (χ1v) is 6.35. The lowest BCUT2D eigenvalue weighted by Crippen LogP contribution is -2.16. The van der Waals surface area contributed by atoms with E-state index in [1.54, 1.807) is 18.2 Å². The maximum Gasteiger partial charge on any atom is 0.255 e. The van der Waals surface area contributed by atoms with Crippen LogP contribution < -0.4 is 16.6 Å². The summed E-state index contributed by atoms with van der Waals surface area (Å²) in [6.45, 7) is 0. The van der Waals surface area contributed by atoms with E-state index in [9.17, 15) is 9.59 Å². The van der Waals surface area contributed by atoms with Crippen molar-refractivity contribution in [1.29, 1.82) is 0 Å². The van der Waals surface area contributed by atoms with Gasteiger partial charge in [0.25, 0.3) is 5.91 Å². The minimum absolute atomic E-state index is 0.222. The van der Waals surface area contributed by atoms with Crippen LogP contribution in [0.5, 0.6) is 0 Å². The Morgan fingerprint density at radius 1 is 1.25 bits per heavy atom. The number of aromatic nitrogens is 1. The fourth-order valence-corrected chi connectivity index (χ4v) is 1.90. The SMILES string of the molecule is NC(=S)c1ccc(NC(=O)c2cc[nH]c(=O)c2)c(Cl)c1. The Labute approximate surface area is 124 Å². The summed E-state index contributed by atoms with van der Waals surface area (Å²) in [5.41, 5.74) is 6.40. The highest BCUT2D eigenvalue weighted by Crippen LogP contribution is 2.23. The summed E-state index contributed by atoms with van der Waals surface area (Å²) >= 11 is 10.9. The number of H-pyrrole nitrogens is 1. The second kappa shape index (κ2) is 5.85. The van der Waals surface area contributed by atoms with E-state index in [4.69, 9.17) is 29.6 Å². The van der Waals surface area contributed by atoms with Crippen molar-refractivity contribution in [2.75, 3.05) is 5.32 Å². The monoisotopic (exact) mass is 307 g/mol. The Morgan fingerprint density at radius 2 is 2.00 bits per heavy atom. The maximum atomic E-state index is 12.0. The van der Waals surface area contributed by atoms with Crippen LogP contribution in [0.3, 0.4) is 0 Å². The number of aromatic amines is 1. The van der Waals surface area contributed by atoms with Gasteiger partial charge in [-0.1, -0.05) is 23.8 Å². The Morgan fingerprint density at radius 3 is 2.60 bits per heavy atom. The first-order chi connectivity index (χ1) is 9.47. The summed E-state index contributed by atoms with van der Waals surface area (Å²) in [5, 5.41) is 2.93. The molecule has 0 atom stereocenters. The van der Waals surface area contributed by atoms with Crippen molar-refractivity contribution in [3.63, 3.8) is 0 Å². The van der Waals surface area contributed by atoms with Crippen molar-refractivity contribution < 1.29 is 4.79 Å². The molecule has 0 aliphatic heterocycles. The summed E-state index contributed by atoms with van der Waals surface area (Å²) in [7, 11) is 0. The molecule has 0 aliphatic rings. The smallest absolute Gasteiger partial charge is 0.255 e. The van der Waals surface area contributed by atoms with Crippen molar-refractivity contribution in [2.45, 2.75) is 0 Å². The third-order valence-corrected chi connectivity index (χ3v) is 3.09. The van der Waals surface area contributed by atoms with E-state index in [2.05, 4.69) is 10.3 Å². The minimum Gasteiger partial charge on any atom is -0.389 e. The molecule has 2 rings (SSSR count). The van der Waals surface area contributed by atoms with Gasteiger partial charge in [-0.15, -0.1) is 0 Å². The number of nitrogens with one attached hydrogen (secondary N) is 2. The number of carbonyl (C=O) groups excluding carboxylic acids is 1. The van der Waals surface area contributed by atoms with E-state index >= 15 is 0 Å². The zero-order valence-corrected chi connectivity index (χ0v) is 11.7. The van der Waals surface area contributed by atoms with Crippen molar-refractivity contribution in [3.8, 4) is 0 Å². The van der Waals surface area contributed by atoms with Crippen LogP contribution >= 0.6 is 23.8 Å². The first-order valence-electron chi connectivity index (χ1n) is 5.57. The van der Waals surface area contributed by atoms with E-state index in [1.807, 2.05) is 0 Å². The van der Waals surface area contributed by atoms with Gasteiger partial charge in [0, 0.05) is 23.4 Å². The molecular formula is C13H10ClN3O2S. The molecule has 0 saturated heterocycles. The van der Waals surface area contributed by atoms with Crippen LogP contribution in [0.4, 0.5) is 5.69 Å². The molecule has 1 aromatic carbocycles. The third-order valence-electron chi connectivity index (χ3n) is 2.54. The summed E-state index contributed by atoms with van der Waals surface area (Å²) < 4.78 is 0. The molecule has 0 radical (unpaired) electrons. The largest absolute Gasteiger partial charge is 0.389 e. The summed E-state index contributed by atoms with van der Waals surface area (Å²) in [6.07, 6.45) is 1.40. The molecule has 20 heavy (non-hydrogen) atoms. The van der Waals surface area contributed by atoms with Gasteiger partial charge in [-0.3, -0.25) is 9.59 Å². The van der Waals surface area contributed by atoms with Gasteiger partial charge in [-0.05, 0) is 24.3 Å². The minimum atomic E-state index is -0.430. The summed E-state index contributed by atoms with van der Waals surface area (Å²) in [4.78, 5) is 25.8. The predicted octanol–water partition coefficient (Wildman–Crippen LogP) is 1.91. The number of hydrogen-bond acceptors (Lipinski definition) is 3. The number of rotatable bonds is 3. The Balaban J connectivity index is 2.24. The molecule has 0 spiro atoms. The van der Waals surface area contributed by atoms with Crippen molar-refractivity contribution in [3.05, 3.63) is 63.0 Å². The molecule has 2 aromatic rings. The van der Waals surface area contributed by atoms with Crippen LogP contribution in [0.2, 0.25) is 5.02 Å². The van der Waals surface area contributed by atoms with Crippen LogP contribution in [-0.4, -0.2) is 15.9 Å². The molecule has 1 aromatic heterocycles. The van der Waals surface area contributed by atoms with Gasteiger partial charge in [0.1, 0.15) is 4.99 Å². The van der Waals surface area contributed by atoms with Crippen LogP contribution in [0.1, 0.15) is 15.9 Å². The molecule has 0 aliphatic carbocycles. The van der Waals surface area contributed by atoms with Crippen molar-refractivity contribution in [2.24, 2.45) is 5.73 Å². The molecule has 5 nitrogen and oxygen atoms in total. The molecular weight excluding hydrogens is 298 g/mol. The Hall–Kier alpha value is -2.18. The van der Waals surface area contributed by atoms with Gasteiger partial charge >= 0.3 is 0 Å². The second-order valence-electron chi connectivity index (χ2n) is 3.95. The Bertz CT molecular complexity index is 742. The average Bonchev–Trinajstić information content (AvgIpc) is 2.40. The number of anilines is 1. The lowest BCUT2D eigenvalue weighted by Gasteiger charge is -2.08. The normalized spacial score (nSPS) is 10.1. The van der Waals surface area contributed by atoms with Gasteiger partial charge < -0.3 is 16.0 Å². The molecule has 1 heterocycles. The second-order valence-corrected chi connectivity index (χ2v) is 4.80. The van der Waals surface area contributed by atoms with Gasteiger partial charge in [-0.25, -0.2) is 0 Å². The number of hydrogen-bond donors (Lipinski definition) is 3. The highest BCUT2D eigenvalue weighted by Gasteiger charge is 2.10. The van der Waals surface area contributed by atoms with Gasteiger partial charge in [-0.2, -0.15) is 0 Å². The number of nitrogens with two attached hydrogens (primary N) is 1. The highest BCUT2D eigenvalue weighted by molar-refractivity contribution is 7.80. The highest BCUT2D eigenvalue weighted by atomic mass is 35.5. The topological polar surface area (TPSA) is 88.0 Å². The predicted molar refractivity (Wildman–Crippen MR) is 82.4 cm³/mol. The first kappa shape index (κ1) is 14.2. The number of halogens is 1. The van der Waals surface area contributed by atoms with Gasteiger partial charge in [0.2, 0.25) is 5.56 Å². The van der Waals surface area contributed by atoms with E-state index in [1.165, 1.54) is 18.3 Å². The average molecular weight is 308 g/mol. The van der Waals surface area contributed by atoms with E-state index < -0.39 is 5.91 Å². The van der Waals surface area contributed by atoms with Crippen LogP contribution in [0.25, 0.3) is 0 Å². The molecule has 0 fully saturated rings. The van der Waals surface area contributed by atoms with Crippen LogP contribution in [-0.2, 0) is 0 Å². The van der Waals surface area contributed by atoms with Gasteiger partial charge in [0.15, 0.2) is 0 Å². The summed E-state index contributed by atoms with van der Waals surface area (Å²) in [6, 6.07) is 7.52. The summed E-state index contributed by atoms with van der Waals surface area (Å²) in [5.74, 6) is -0.430. The molecule has 0 bridgehead atoms. The molecule has 7 heteroatoms. The fourth-order valence-electron chi connectivity index (χ4n) is 1.55. The molecule has 0 saturated carbocycles. The number of thiocarbonyl (C=S) groups is 1. The van der Waals surface area contributed by atoms with E-state index in [0.717, 1.165) is 0 Å². The Kier molecular flexibility index (Phi) is 4.16. The zero-order chi connectivity index (χ0) is 14.7. The molecule has 102 valence electrons. The molecule has 4 N–H and O–H groups in total.